The van der Waals surface area contributed by atoms with E-state index in [0.717, 1.165) is 25.4 Å². The van der Waals surface area contributed by atoms with Gasteiger partial charge >= 0.3 is 0 Å². The van der Waals surface area contributed by atoms with E-state index in [4.69, 9.17) is 5.26 Å². The summed E-state index contributed by atoms with van der Waals surface area (Å²) in [6.07, 6.45) is 4.79. The first-order valence-electron chi connectivity index (χ1n) is 6.74. The molecule has 3 heteroatoms. The van der Waals surface area contributed by atoms with E-state index in [2.05, 4.69) is 30.0 Å². The summed E-state index contributed by atoms with van der Waals surface area (Å²) in [5.41, 5.74) is -0.162. The summed E-state index contributed by atoms with van der Waals surface area (Å²) in [6.45, 7) is 7.58. The maximum absolute atomic E-state index is 8.95. The summed E-state index contributed by atoms with van der Waals surface area (Å²) >= 11 is 0. The standard InChI is InChI=1S/C14H27N3/c1-14(2,12-15)8-6-9-16(3)11-13-7-5-10-17(13)4/h13H,5-11H2,1-4H3. The van der Waals surface area contributed by atoms with Crippen molar-refractivity contribution in [2.45, 2.75) is 45.6 Å². The minimum atomic E-state index is -0.162. The average molecular weight is 237 g/mol. The fourth-order valence-electron chi connectivity index (χ4n) is 2.51. The Balaban J connectivity index is 2.17. The molecule has 0 aromatic carbocycles. The van der Waals surface area contributed by atoms with Crippen molar-refractivity contribution in [3.63, 3.8) is 0 Å². The molecule has 98 valence electrons. The summed E-state index contributed by atoms with van der Waals surface area (Å²) in [5.74, 6) is 0. The van der Waals surface area contributed by atoms with Crippen molar-refractivity contribution in [3.05, 3.63) is 0 Å². The molecule has 3 nitrogen and oxygen atoms in total. The van der Waals surface area contributed by atoms with Gasteiger partial charge in [-0.25, -0.2) is 0 Å². The third kappa shape index (κ3) is 5.06. The molecular formula is C14H27N3. The van der Waals surface area contributed by atoms with Gasteiger partial charge in [-0.05, 0) is 66.7 Å². The van der Waals surface area contributed by atoms with Crippen LogP contribution in [0.3, 0.4) is 0 Å². The SMILES string of the molecule is CN(CCCC(C)(C)C#N)CC1CCCN1C. The van der Waals surface area contributed by atoms with E-state index in [0.29, 0.717) is 0 Å². The molecular weight excluding hydrogens is 210 g/mol. The van der Waals surface area contributed by atoms with Crippen LogP contribution in [0.25, 0.3) is 0 Å². The summed E-state index contributed by atoms with van der Waals surface area (Å²) in [7, 11) is 4.43. The van der Waals surface area contributed by atoms with Gasteiger partial charge in [-0.1, -0.05) is 0 Å². The van der Waals surface area contributed by atoms with Gasteiger partial charge in [-0.3, -0.25) is 0 Å². The maximum atomic E-state index is 8.95. The Bertz CT molecular complexity index is 267. The normalized spacial score (nSPS) is 22.0. The predicted molar refractivity (Wildman–Crippen MR) is 71.8 cm³/mol. The van der Waals surface area contributed by atoms with E-state index in [1.807, 2.05) is 13.8 Å². The van der Waals surface area contributed by atoms with Crippen LogP contribution < -0.4 is 0 Å². The number of likely N-dealkylation sites (N-methyl/N-ethyl adjacent to an activating group) is 2. The molecule has 1 atom stereocenters. The molecule has 1 heterocycles. The third-order valence-electron chi connectivity index (χ3n) is 3.84. The number of nitriles is 1. The summed E-state index contributed by atoms with van der Waals surface area (Å²) in [5, 5.41) is 8.95. The van der Waals surface area contributed by atoms with E-state index >= 15 is 0 Å². The maximum Gasteiger partial charge on any atom is 0.0683 e. The third-order valence-corrected chi connectivity index (χ3v) is 3.84. The largest absolute Gasteiger partial charge is 0.305 e. The molecule has 0 aromatic heterocycles. The van der Waals surface area contributed by atoms with Gasteiger partial charge in [0, 0.05) is 12.6 Å². The number of hydrogen-bond acceptors (Lipinski definition) is 3. The number of nitrogens with zero attached hydrogens (tertiary/aromatic N) is 3. The van der Waals surface area contributed by atoms with Crippen LogP contribution in [-0.2, 0) is 0 Å². The van der Waals surface area contributed by atoms with Gasteiger partial charge in [0.1, 0.15) is 0 Å². The van der Waals surface area contributed by atoms with E-state index in [9.17, 15) is 0 Å². The zero-order valence-corrected chi connectivity index (χ0v) is 11.9. The molecule has 1 unspecified atom stereocenters. The first-order valence-corrected chi connectivity index (χ1v) is 6.74. The highest BCUT2D eigenvalue weighted by molar-refractivity contribution is 4.91. The number of rotatable bonds is 6. The molecule has 0 bridgehead atoms. The van der Waals surface area contributed by atoms with Gasteiger partial charge in [0.25, 0.3) is 0 Å². The highest BCUT2D eigenvalue weighted by atomic mass is 15.2. The van der Waals surface area contributed by atoms with Crippen molar-refractivity contribution in [2.24, 2.45) is 5.41 Å². The van der Waals surface area contributed by atoms with Crippen molar-refractivity contribution >= 4 is 0 Å². The Morgan fingerprint density at radius 3 is 2.71 bits per heavy atom. The monoisotopic (exact) mass is 237 g/mol. The lowest BCUT2D eigenvalue weighted by atomic mass is 9.90. The zero-order valence-electron chi connectivity index (χ0n) is 11.9. The molecule has 17 heavy (non-hydrogen) atoms. The number of hydrogen-bond donors (Lipinski definition) is 0. The molecule has 1 fully saturated rings. The van der Waals surface area contributed by atoms with E-state index in [1.54, 1.807) is 0 Å². The molecule has 0 spiro atoms. The molecule has 0 N–H and O–H groups in total. The molecule has 0 saturated carbocycles. The van der Waals surface area contributed by atoms with Crippen LogP contribution >= 0.6 is 0 Å². The lowest BCUT2D eigenvalue weighted by molar-refractivity contribution is 0.213. The minimum absolute atomic E-state index is 0.162. The van der Waals surface area contributed by atoms with E-state index in [-0.39, 0.29) is 5.41 Å². The lowest BCUT2D eigenvalue weighted by Gasteiger charge is -2.26. The Hall–Kier alpha value is -0.590. The molecule has 1 aliphatic heterocycles. The summed E-state index contributed by atoms with van der Waals surface area (Å²) in [6, 6.07) is 3.11. The predicted octanol–water partition coefficient (Wildman–Crippen LogP) is 2.34. The Morgan fingerprint density at radius 2 is 2.18 bits per heavy atom. The fraction of sp³-hybridized carbons (Fsp3) is 0.929. The first kappa shape index (κ1) is 14.5. The Labute approximate surface area is 106 Å². The quantitative estimate of drug-likeness (QED) is 0.710. The van der Waals surface area contributed by atoms with Crippen molar-refractivity contribution < 1.29 is 0 Å². The summed E-state index contributed by atoms with van der Waals surface area (Å²) in [4.78, 5) is 4.88. The molecule has 1 aliphatic rings. The lowest BCUT2D eigenvalue weighted by Crippen LogP contribution is -2.37. The molecule has 0 aliphatic carbocycles. The Morgan fingerprint density at radius 1 is 1.47 bits per heavy atom. The van der Waals surface area contributed by atoms with E-state index in [1.165, 1.54) is 25.9 Å². The topological polar surface area (TPSA) is 30.3 Å². The number of likely N-dealkylation sites (tertiary alicyclic amines) is 1. The van der Waals surface area contributed by atoms with Gasteiger partial charge in [0.2, 0.25) is 0 Å². The van der Waals surface area contributed by atoms with Gasteiger partial charge in [-0.15, -0.1) is 0 Å². The van der Waals surface area contributed by atoms with Gasteiger partial charge in [0.15, 0.2) is 0 Å². The fourth-order valence-corrected chi connectivity index (χ4v) is 2.51. The van der Waals surface area contributed by atoms with Crippen molar-refractivity contribution in [1.82, 2.24) is 9.80 Å². The first-order chi connectivity index (χ1) is 7.94. The van der Waals surface area contributed by atoms with E-state index < -0.39 is 0 Å². The molecule has 0 amide bonds. The van der Waals surface area contributed by atoms with Gasteiger partial charge in [-0.2, -0.15) is 5.26 Å². The summed E-state index contributed by atoms with van der Waals surface area (Å²) < 4.78 is 0. The minimum Gasteiger partial charge on any atom is -0.305 e. The highest BCUT2D eigenvalue weighted by Gasteiger charge is 2.22. The molecule has 1 saturated heterocycles. The van der Waals surface area contributed by atoms with Crippen LogP contribution in [0.2, 0.25) is 0 Å². The second kappa shape index (κ2) is 6.37. The zero-order chi connectivity index (χ0) is 12.9. The average Bonchev–Trinajstić information content (AvgIpc) is 2.64. The van der Waals surface area contributed by atoms with Crippen molar-refractivity contribution in [1.29, 1.82) is 5.26 Å². The van der Waals surface area contributed by atoms with Gasteiger partial charge in [0.05, 0.1) is 11.5 Å². The van der Waals surface area contributed by atoms with Crippen LogP contribution in [0.4, 0.5) is 0 Å². The van der Waals surface area contributed by atoms with Crippen LogP contribution in [0, 0.1) is 16.7 Å². The van der Waals surface area contributed by atoms with Crippen LogP contribution in [0.15, 0.2) is 0 Å². The Kier molecular flexibility index (Phi) is 5.42. The molecule has 1 rings (SSSR count). The molecule has 0 radical (unpaired) electrons. The molecule has 0 aromatic rings. The second-order valence-corrected chi connectivity index (χ2v) is 6.14. The highest BCUT2D eigenvalue weighted by Crippen LogP contribution is 2.21. The van der Waals surface area contributed by atoms with Crippen molar-refractivity contribution in [2.75, 3.05) is 33.7 Å². The van der Waals surface area contributed by atoms with Crippen LogP contribution in [-0.4, -0.2) is 49.6 Å². The van der Waals surface area contributed by atoms with Crippen molar-refractivity contribution in [3.8, 4) is 6.07 Å². The smallest absolute Gasteiger partial charge is 0.0683 e. The second-order valence-electron chi connectivity index (χ2n) is 6.14. The van der Waals surface area contributed by atoms with Gasteiger partial charge < -0.3 is 9.80 Å². The van der Waals surface area contributed by atoms with Crippen LogP contribution in [0.5, 0.6) is 0 Å². The van der Waals surface area contributed by atoms with Crippen LogP contribution in [0.1, 0.15) is 39.5 Å².